The van der Waals surface area contributed by atoms with Crippen molar-refractivity contribution in [3.63, 3.8) is 0 Å². The number of halogens is 2. The second kappa shape index (κ2) is 5.14. The van der Waals surface area contributed by atoms with Crippen LogP contribution in [0.25, 0.3) is 0 Å². The third-order valence-electron chi connectivity index (χ3n) is 2.36. The number of carbonyl (C=O) groups is 1. The second-order valence-corrected chi connectivity index (χ2v) is 4.54. The number of thiophene rings is 1. The topological polar surface area (TPSA) is 55.1 Å². The third kappa shape index (κ3) is 2.65. The predicted molar refractivity (Wildman–Crippen MR) is 66.3 cm³/mol. The van der Waals surface area contributed by atoms with Gasteiger partial charge in [-0.05, 0) is 17.5 Å². The first-order valence-corrected chi connectivity index (χ1v) is 6.01. The van der Waals surface area contributed by atoms with Crippen LogP contribution < -0.4 is 11.1 Å². The van der Waals surface area contributed by atoms with E-state index in [-0.39, 0.29) is 18.0 Å². The summed E-state index contributed by atoms with van der Waals surface area (Å²) in [6.45, 7) is -0.0116. The maximum absolute atomic E-state index is 13.3. The van der Waals surface area contributed by atoms with E-state index in [1.54, 1.807) is 11.4 Å². The molecule has 0 radical (unpaired) electrons. The fourth-order valence-electron chi connectivity index (χ4n) is 1.42. The quantitative estimate of drug-likeness (QED) is 0.898. The molecule has 0 aliphatic heterocycles. The Hall–Kier alpha value is -1.95. The number of anilines is 1. The lowest BCUT2D eigenvalue weighted by Gasteiger charge is -2.05. The molecular formula is C12H10F2N2OS. The zero-order valence-corrected chi connectivity index (χ0v) is 10.1. The summed E-state index contributed by atoms with van der Waals surface area (Å²) in [7, 11) is 0. The highest BCUT2D eigenvalue weighted by atomic mass is 32.1. The van der Waals surface area contributed by atoms with E-state index in [0.717, 1.165) is 12.1 Å². The molecule has 94 valence electrons. The molecular weight excluding hydrogens is 258 g/mol. The van der Waals surface area contributed by atoms with Gasteiger partial charge in [-0.25, -0.2) is 8.78 Å². The monoisotopic (exact) mass is 268 g/mol. The molecule has 18 heavy (non-hydrogen) atoms. The first kappa shape index (κ1) is 12.5. The Balaban J connectivity index is 2.04. The van der Waals surface area contributed by atoms with E-state index >= 15 is 0 Å². The van der Waals surface area contributed by atoms with Gasteiger partial charge in [-0.2, -0.15) is 0 Å². The molecule has 1 aromatic heterocycles. The largest absolute Gasteiger partial charge is 0.397 e. The zero-order chi connectivity index (χ0) is 13.1. The maximum Gasteiger partial charge on any atom is 0.263 e. The molecule has 3 N–H and O–H groups in total. The Bertz CT molecular complexity index is 583. The minimum atomic E-state index is -0.686. The summed E-state index contributed by atoms with van der Waals surface area (Å²) in [6.07, 6.45) is 0. The number of nitrogens with two attached hydrogens (primary N) is 1. The van der Waals surface area contributed by atoms with Gasteiger partial charge in [0.25, 0.3) is 5.91 Å². The number of amides is 1. The van der Waals surface area contributed by atoms with Crippen LogP contribution in [0.2, 0.25) is 0 Å². The third-order valence-corrected chi connectivity index (χ3v) is 3.29. The van der Waals surface area contributed by atoms with Gasteiger partial charge in [0.05, 0.1) is 5.69 Å². The molecule has 6 heteroatoms. The van der Waals surface area contributed by atoms with Crippen molar-refractivity contribution < 1.29 is 13.6 Å². The van der Waals surface area contributed by atoms with Crippen LogP contribution in [-0.4, -0.2) is 5.91 Å². The van der Waals surface area contributed by atoms with Crippen molar-refractivity contribution in [1.82, 2.24) is 5.32 Å². The van der Waals surface area contributed by atoms with Crippen LogP contribution in [0, 0.1) is 11.6 Å². The molecule has 0 saturated heterocycles. The second-order valence-electron chi connectivity index (χ2n) is 3.62. The van der Waals surface area contributed by atoms with Crippen molar-refractivity contribution in [2.24, 2.45) is 0 Å². The Labute approximate surface area is 106 Å². The predicted octanol–water partition coefficient (Wildman–Crippen LogP) is 2.54. The van der Waals surface area contributed by atoms with E-state index in [1.165, 1.54) is 17.4 Å². The number of hydrogen-bond acceptors (Lipinski definition) is 3. The number of nitrogens with one attached hydrogen (secondary N) is 1. The van der Waals surface area contributed by atoms with Gasteiger partial charge in [0.1, 0.15) is 16.5 Å². The van der Waals surface area contributed by atoms with Gasteiger partial charge in [0, 0.05) is 18.2 Å². The van der Waals surface area contributed by atoms with Crippen LogP contribution >= 0.6 is 11.3 Å². The molecule has 0 fully saturated rings. The van der Waals surface area contributed by atoms with Crippen LogP contribution in [0.3, 0.4) is 0 Å². The molecule has 1 aromatic carbocycles. The lowest BCUT2D eigenvalue weighted by Crippen LogP contribution is -2.23. The fourth-order valence-corrected chi connectivity index (χ4v) is 2.16. The summed E-state index contributed by atoms with van der Waals surface area (Å²) in [4.78, 5) is 12.1. The molecule has 0 saturated carbocycles. The molecule has 0 unspecified atom stereocenters. The van der Waals surface area contributed by atoms with E-state index < -0.39 is 11.6 Å². The van der Waals surface area contributed by atoms with Crippen molar-refractivity contribution in [3.05, 3.63) is 51.7 Å². The Kier molecular flexibility index (Phi) is 3.57. The molecule has 2 aromatic rings. The minimum absolute atomic E-state index is 0.0116. The number of rotatable bonds is 3. The van der Waals surface area contributed by atoms with Crippen molar-refractivity contribution in [2.75, 3.05) is 5.73 Å². The molecule has 0 aliphatic rings. The number of hydrogen-bond donors (Lipinski definition) is 2. The average Bonchev–Trinajstić information content (AvgIpc) is 2.74. The fraction of sp³-hybridized carbons (Fsp3) is 0.0833. The van der Waals surface area contributed by atoms with E-state index in [0.29, 0.717) is 10.6 Å². The lowest BCUT2D eigenvalue weighted by molar-refractivity contribution is 0.0955. The van der Waals surface area contributed by atoms with Crippen molar-refractivity contribution in [3.8, 4) is 0 Å². The highest BCUT2D eigenvalue weighted by Crippen LogP contribution is 2.18. The highest BCUT2D eigenvalue weighted by molar-refractivity contribution is 7.12. The molecule has 0 spiro atoms. The maximum atomic E-state index is 13.3. The van der Waals surface area contributed by atoms with Gasteiger partial charge in [0.15, 0.2) is 0 Å². The van der Waals surface area contributed by atoms with Crippen LogP contribution in [-0.2, 0) is 6.54 Å². The minimum Gasteiger partial charge on any atom is -0.397 e. The summed E-state index contributed by atoms with van der Waals surface area (Å²) >= 11 is 1.21. The summed E-state index contributed by atoms with van der Waals surface area (Å²) in [5.41, 5.74) is 6.19. The smallest absolute Gasteiger partial charge is 0.263 e. The standard InChI is InChI=1S/C12H10F2N2OS/c13-8-2-1-7(9(14)5-8)6-16-12(17)11-10(15)3-4-18-11/h1-5H,6,15H2,(H,16,17). The first-order valence-electron chi connectivity index (χ1n) is 5.13. The molecule has 1 amide bonds. The van der Waals surface area contributed by atoms with Crippen molar-refractivity contribution >= 4 is 22.9 Å². The van der Waals surface area contributed by atoms with E-state index in [1.807, 2.05) is 0 Å². The first-order chi connectivity index (χ1) is 8.58. The van der Waals surface area contributed by atoms with Crippen LogP contribution in [0.4, 0.5) is 14.5 Å². The average molecular weight is 268 g/mol. The lowest BCUT2D eigenvalue weighted by atomic mass is 10.2. The van der Waals surface area contributed by atoms with Gasteiger partial charge in [-0.3, -0.25) is 4.79 Å². The molecule has 3 nitrogen and oxygen atoms in total. The van der Waals surface area contributed by atoms with Gasteiger partial charge in [0.2, 0.25) is 0 Å². The summed E-state index contributed by atoms with van der Waals surface area (Å²) in [5.74, 6) is -1.70. The molecule has 0 aliphatic carbocycles. The molecule has 1 heterocycles. The van der Waals surface area contributed by atoms with Crippen LogP contribution in [0.15, 0.2) is 29.6 Å². The Morgan fingerprint density at radius 2 is 2.11 bits per heavy atom. The summed E-state index contributed by atoms with van der Waals surface area (Å²) in [5, 5.41) is 4.23. The van der Waals surface area contributed by atoms with Crippen LogP contribution in [0.5, 0.6) is 0 Å². The normalized spacial score (nSPS) is 10.3. The molecule has 0 bridgehead atoms. The Morgan fingerprint density at radius 3 is 2.72 bits per heavy atom. The van der Waals surface area contributed by atoms with Crippen LogP contribution in [0.1, 0.15) is 15.2 Å². The molecule has 0 atom stereocenters. The van der Waals surface area contributed by atoms with E-state index in [9.17, 15) is 13.6 Å². The summed E-state index contributed by atoms with van der Waals surface area (Å²) < 4.78 is 26.0. The highest BCUT2D eigenvalue weighted by Gasteiger charge is 2.11. The number of carbonyl (C=O) groups excluding carboxylic acids is 1. The zero-order valence-electron chi connectivity index (χ0n) is 9.24. The Morgan fingerprint density at radius 1 is 1.33 bits per heavy atom. The van der Waals surface area contributed by atoms with Crippen molar-refractivity contribution in [2.45, 2.75) is 6.54 Å². The van der Waals surface area contributed by atoms with Gasteiger partial charge >= 0.3 is 0 Å². The number of nitrogen functional groups attached to an aromatic ring is 1. The van der Waals surface area contributed by atoms with E-state index in [4.69, 9.17) is 5.73 Å². The van der Waals surface area contributed by atoms with Gasteiger partial charge in [-0.15, -0.1) is 11.3 Å². The van der Waals surface area contributed by atoms with Gasteiger partial charge in [-0.1, -0.05) is 6.07 Å². The SMILES string of the molecule is Nc1ccsc1C(=O)NCc1ccc(F)cc1F. The van der Waals surface area contributed by atoms with Gasteiger partial charge < -0.3 is 11.1 Å². The summed E-state index contributed by atoms with van der Waals surface area (Å²) in [6, 6.07) is 4.84. The molecule has 2 rings (SSSR count). The van der Waals surface area contributed by atoms with Crippen molar-refractivity contribution in [1.29, 1.82) is 0 Å². The number of benzene rings is 1. The van der Waals surface area contributed by atoms with E-state index in [2.05, 4.69) is 5.32 Å².